The van der Waals surface area contributed by atoms with Crippen molar-refractivity contribution in [1.29, 1.82) is 0 Å². The first kappa shape index (κ1) is 23.5. The van der Waals surface area contributed by atoms with Crippen molar-refractivity contribution < 1.29 is 19.2 Å². The molecule has 0 heterocycles. The van der Waals surface area contributed by atoms with Gasteiger partial charge in [-0.25, -0.2) is 0 Å². The van der Waals surface area contributed by atoms with Crippen LogP contribution in [0, 0.1) is 52.8 Å². The lowest BCUT2D eigenvalue weighted by molar-refractivity contribution is -0.144. The molecule has 0 aromatic carbocycles. The van der Waals surface area contributed by atoms with Crippen LogP contribution in [-0.2, 0) is 15.6 Å². The van der Waals surface area contributed by atoms with Crippen molar-refractivity contribution >= 4 is 16.6 Å². The van der Waals surface area contributed by atoms with Gasteiger partial charge in [0.2, 0.25) is 0 Å². The maximum absolute atomic E-state index is 13.1. The van der Waals surface area contributed by atoms with Crippen LogP contribution in [0.25, 0.3) is 0 Å². The van der Waals surface area contributed by atoms with Crippen LogP contribution in [0.5, 0.6) is 0 Å². The SMILES string of the molecule is C#CC1(O)CC[C@@]2(C)C(CC[C@H]3[C@@H]4CC[C@H](C(=O)CS(=O)CCCO)[C@@]4(C)CC[C@@H]32)C1. The lowest BCUT2D eigenvalue weighted by atomic mass is 9.44. The monoisotopic (exact) mass is 448 g/mol. The number of terminal acetylenes is 1. The molecule has 31 heavy (non-hydrogen) atoms. The van der Waals surface area contributed by atoms with E-state index in [9.17, 15) is 14.1 Å². The van der Waals surface area contributed by atoms with Crippen LogP contribution < -0.4 is 0 Å². The molecule has 174 valence electrons. The second-order valence-corrected chi connectivity index (χ2v) is 13.1. The Bertz CT molecular complexity index is 774. The van der Waals surface area contributed by atoms with Gasteiger partial charge in [0.1, 0.15) is 11.4 Å². The number of aliphatic hydroxyl groups excluding tert-OH is 1. The molecule has 4 aliphatic rings. The number of hydrogen-bond donors (Lipinski definition) is 2. The highest BCUT2D eigenvalue weighted by molar-refractivity contribution is 7.85. The average Bonchev–Trinajstić information content (AvgIpc) is 3.10. The van der Waals surface area contributed by atoms with E-state index in [0.29, 0.717) is 42.3 Å². The van der Waals surface area contributed by atoms with Gasteiger partial charge in [-0.2, -0.15) is 0 Å². The fourth-order valence-corrected chi connectivity index (χ4v) is 9.58. The summed E-state index contributed by atoms with van der Waals surface area (Å²) in [5.74, 6) is 5.89. The predicted molar refractivity (Wildman–Crippen MR) is 124 cm³/mol. The summed E-state index contributed by atoms with van der Waals surface area (Å²) in [5, 5.41) is 19.7. The summed E-state index contributed by atoms with van der Waals surface area (Å²) in [6.45, 7) is 4.83. The number of carbonyl (C=O) groups is 1. The van der Waals surface area contributed by atoms with Gasteiger partial charge < -0.3 is 10.2 Å². The Morgan fingerprint density at radius 3 is 2.52 bits per heavy atom. The molecule has 3 unspecified atom stereocenters. The highest BCUT2D eigenvalue weighted by Crippen LogP contribution is 2.68. The Morgan fingerprint density at radius 1 is 1.06 bits per heavy atom. The lowest BCUT2D eigenvalue weighted by Crippen LogP contribution is -2.56. The Morgan fingerprint density at radius 2 is 1.81 bits per heavy atom. The van der Waals surface area contributed by atoms with E-state index in [2.05, 4.69) is 19.8 Å². The smallest absolute Gasteiger partial charge is 0.148 e. The first-order valence-corrected chi connectivity index (χ1v) is 13.8. The van der Waals surface area contributed by atoms with Crippen LogP contribution in [0.4, 0.5) is 0 Å². The van der Waals surface area contributed by atoms with Crippen LogP contribution >= 0.6 is 0 Å². The third kappa shape index (κ3) is 3.96. The molecule has 4 nitrogen and oxygen atoms in total. The third-order valence-corrected chi connectivity index (χ3v) is 11.6. The molecule has 4 rings (SSSR count). The fraction of sp³-hybridized carbons (Fsp3) is 0.885. The Labute approximate surface area is 190 Å². The molecule has 0 amide bonds. The van der Waals surface area contributed by atoms with Crippen molar-refractivity contribution in [3.05, 3.63) is 0 Å². The van der Waals surface area contributed by atoms with E-state index in [4.69, 9.17) is 11.5 Å². The summed E-state index contributed by atoms with van der Waals surface area (Å²) in [4.78, 5) is 13.1. The number of carbonyl (C=O) groups excluding carboxylic acids is 1. The first-order valence-electron chi connectivity index (χ1n) is 12.4. The van der Waals surface area contributed by atoms with E-state index in [0.717, 1.165) is 44.9 Å². The average molecular weight is 449 g/mol. The van der Waals surface area contributed by atoms with Gasteiger partial charge in [0.05, 0.1) is 5.75 Å². The summed E-state index contributed by atoms with van der Waals surface area (Å²) in [6, 6.07) is 0. The highest BCUT2D eigenvalue weighted by atomic mass is 32.2. The summed E-state index contributed by atoms with van der Waals surface area (Å²) in [7, 11) is -1.15. The number of fused-ring (bicyclic) bond motifs is 5. The van der Waals surface area contributed by atoms with Gasteiger partial charge in [-0.05, 0) is 98.7 Å². The van der Waals surface area contributed by atoms with Crippen LogP contribution in [0.1, 0.15) is 78.1 Å². The Kier molecular flexibility index (Phi) is 6.49. The fourth-order valence-electron chi connectivity index (χ4n) is 8.46. The molecule has 4 fully saturated rings. The van der Waals surface area contributed by atoms with E-state index >= 15 is 0 Å². The van der Waals surface area contributed by atoms with E-state index < -0.39 is 16.4 Å². The summed E-state index contributed by atoms with van der Waals surface area (Å²) >= 11 is 0. The van der Waals surface area contributed by atoms with Crippen molar-refractivity contribution in [2.45, 2.75) is 83.7 Å². The predicted octanol–water partition coefficient (Wildman–Crippen LogP) is 3.71. The van der Waals surface area contributed by atoms with Crippen molar-refractivity contribution in [2.75, 3.05) is 18.1 Å². The largest absolute Gasteiger partial charge is 0.396 e. The molecule has 0 spiro atoms. The van der Waals surface area contributed by atoms with Crippen molar-refractivity contribution in [2.24, 2.45) is 40.4 Å². The molecule has 0 aromatic heterocycles. The zero-order valence-corrected chi connectivity index (χ0v) is 20.1. The van der Waals surface area contributed by atoms with Crippen molar-refractivity contribution in [1.82, 2.24) is 0 Å². The van der Waals surface area contributed by atoms with Crippen molar-refractivity contribution in [3.63, 3.8) is 0 Å². The number of rotatable bonds is 6. The summed E-state index contributed by atoms with van der Waals surface area (Å²) in [5.41, 5.74) is -0.630. The zero-order valence-electron chi connectivity index (χ0n) is 19.3. The molecule has 5 heteroatoms. The Balaban J connectivity index is 1.48. The van der Waals surface area contributed by atoms with Gasteiger partial charge in [0.15, 0.2) is 0 Å². The van der Waals surface area contributed by atoms with E-state index in [-0.39, 0.29) is 34.9 Å². The zero-order chi connectivity index (χ0) is 22.4. The molecule has 2 N–H and O–H groups in total. The molecule has 0 aliphatic heterocycles. The molecule has 4 aliphatic carbocycles. The van der Waals surface area contributed by atoms with Gasteiger partial charge in [-0.1, -0.05) is 19.8 Å². The topological polar surface area (TPSA) is 74.6 Å². The van der Waals surface area contributed by atoms with Crippen LogP contribution in [0.15, 0.2) is 0 Å². The normalized spacial score (nSPS) is 47.5. The Hall–Kier alpha value is -0.700. The second-order valence-electron chi connectivity index (χ2n) is 11.5. The number of Topliss-reactive ketones (excluding diaryl/α,β-unsaturated/α-hetero) is 1. The van der Waals surface area contributed by atoms with Gasteiger partial charge in [-0.15, -0.1) is 6.42 Å². The molecule has 0 bridgehead atoms. The van der Waals surface area contributed by atoms with Gasteiger partial charge >= 0.3 is 0 Å². The van der Waals surface area contributed by atoms with Crippen LogP contribution in [0.3, 0.4) is 0 Å². The maximum Gasteiger partial charge on any atom is 0.148 e. The highest BCUT2D eigenvalue weighted by Gasteiger charge is 2.62. The van der Waals surface area contributed by atoms with E-state index in [1.165, 1.54) is 6.42 Å². The van der Waals surface area contributed by atoms with Crippen molar-refractivity contribution in [3.8, 4) is 12.3 Å². The van der Waals surface area contributed by atoms with Crippen LogP contribution in [0.2, 0.25) is 0 Å². The molecule has 0 radical (unpaired) electrons. The molecule has 9 atom stereocenters. The van der Waals surface area contributed by atoms with E-state index in [1.807, 2.05) is 0 Å². The summed E-state index contributed by atoms with van der Waals surface area (Å²) in [6.07, 6.45) is 15.3. The van der Waals surface area contributed by atoms with Gasteiger partial charge in [0, 0.05) is 29.1 Å². The minimum atomic E-state index is -1.15. The van der Waals surface area contributed by atoms with Gasteiger partial charge in [0.25, 0.3) is 0 Å². The molecule has 4 saturated carbocycles. The molecular formula is C26H40O4S. The second kappa shape index (κ2) is 8.58. The quantitative estimate of drug-likeness (QED) is 0.608. The third-order valence-electron chi connectivity index (χ3n) is 10.2. The molecular weight excluding hydrogens is 408 g/mol. The maximum atomic E-state index is 13.1. The minimum absolute atomic E-state index is 0.0325. The van der Waals surface area contributed by atoms with E-state index in [1.54, 1.807) is 0 Å². The van der Waals surface area contributed by atoms with Gasteiger partial charge in [-0.3, -0.25) is 9.00 Å². The molecule has 0 saturated heterocycles. The minimum Gasteiger partial charge on any atom is -0.396 e. The molecule has 0 aromatic rings. The number of hydrogen-bond acceptors (Lipinski definition) is 4. The first-order chi connectivity index (χ1) is 14.7. The summed E-state index contributed by atoms with van der Waals surface area (Å²) < 4.78 is 12.3. The van der Waals surface area contributed by atoms with Crippen LogP contribution in [-0.4, -0.2) is 43.9 Å². The number of aliphatic hydroxyl groups is 2. The standard InChI is InChI=1S/C26H40O4S/c1-4-26(29)13-12-24(2)18(16-26)6-7-19-20-8-9-22(25(20,3)11-10-21(19)24)23(28)17-31(30)15-5-14-27/h1,18-22,27,29H,5-17H2,2-3H3/t18?,19-,20-,21-,22+,24-,25-,26?,31?/m0/s1. The number of ketones is 1. The lowest BCUT2D eigenvalue weighted by Gasteiger charge is -2.61.